The van der Waals surface area contributed by atoms with Crippen molar-refractivity contribution >= 4 is 0 Å². The molecule has 5 heteroatoms. The predicted octanol–water partition coefficient (Wildman–Crippen LogP) is 2.39. The molecule has 1 aromatic heterocycles. The van der Waals surface area contributed by atoms with Crippen molar-refractivity contribution in [3.05, 3.63) is 17.5 Å². The Morgan fingerprint density at radius 1 is 1.38 bits per heavy atom. The monoisotopic (exact) mass is 230 g/mol. The Labute approximate surface area is 93.0 Å². The average Bonchev–Trinajstić information content (AvgIpc) is 2.66. The first-order valence-electron chi connectivity index (χ1n) is 5.49. The third-order valence-electron chi connectivity index (χ3n) is 3.50. The Hall–Kier alpha value is -0.970. The smallest absolute Gasteiger partial charge is 0.248 e. The van der Waals surface area contributed by atoms with Crippen LogP contribution in [0.4, 0.5) is 8.78 Å². The number of nitrogens with two attached hydrogens (primary N) is 1. The Bertz CT molecular complexity index is 366. The van der Waals surface area contributed by atoms with Gasteiger partial charge in [0.2, 0.25) is 5.92 Å². The van der Waals surface area contributed by atoms with Crippen molar-refractivity contribution in [2.24, 2.45) is 5.73 Å². The molecule has 1 aliphatic carbocycles. The molecule has 0 saturated heterocycles. The van der Waals surface area contributed by atoms with Crippen LogP contribution in [0.5, 0.6) is 0 Å². The molecule has 0 unspecified atom stereocenters. The van der Waals surface area contributed by atoms with E-state index in [4.69, 9.17) is 10.3 Å². The second-order valence-electron chi connectivity index (χ2n) is 4.66. The van der Waals surface area contributed by atoms with Crippen LogP contribution in [-0.2, 0) is 5.41 Å². The van der Waals surface area contributed by atoms with Crippen LogP contribution in [0.3, 0.4) is 0 Å². The number of halogens is 2. The van der Waals surface area contributed by atoms with E-state index in [0.29, 0.717) is 25.1 Å². The summed E-state index contributed by atoms with van der Waals surface area (Å²) in [6.45, 7) is 2.13. The molecule has 0 amide bonds. The summed E-state index contributed by atoms with van der Waals surface area (Å²) in [6, 6.07) is 1.80. The van der Waals surface area contributed by atoms with Gasteiger partial charge in [0.15, 0.2) is 0 Å². The third kappa shape index (κ3) is 1.96. The molecule has 0 aromatic carbocycles. The first kappa shape index (κ1) is 11.5. The number of rotatable bonds is 2. The molecule has 2 N–H and O–H groups in total. The fourth-order valence-electron chi connectivity index (χ4n) is 2.28. The van der Waals surface area contributed by atoms with Crippen LogP contribution in [-0.4, -0.2) is 17.6 Å². The summed E-state index contributed by atoms with van der Waals surface area (Å²) in [7, 11) is 0. The highest BCUT2D eigenvalue weighted by atomic mass is 19.3. The van der Waals surface area contributed by atoms with Gasteiger partial charge < -0.3 is 10.3 Å². The standard InChI is InChI=1S/C11H16F2N2O/c1-8-6-9(15-16-8)10(7-14)2-4-11(12,13)5-3-10/h6H,2-5,7,14H2,1H3. The number of alkyl halides is 2. The lowest BCUT2D eigenvalue weighted by Crippen LogP contribution is -2.42. The highest BCUT2D eigenvalue weighted by molar-refractivity contribution is 5.19. The van der Waals surface area contributed by atoms with E-state index in [-0.39, 0.29) is 12.8 Å². The highest BCUT2D eigenvalue weighted by Gasteiger charge is 2.45. The van der Waals surface area contributed by atoms with Crippen LogP contribution in [0, 0.1) is 6.92 Å². The van der Waals surface area contributed by atoms with Crippen LogP contribution in [0.25, 0.3) is 0 Å². The molecule has 0 atom stereocenters. The summed E-state index contributed by atoms with van der Waals surface area (Å²) in [4.78, 5) is 0. The van der Waals surface area contributed by atoms with Gasteiger partial charge in [-0.3, -0.25) is 0 Å². The largest absolute Gasteiger partial charge is 0.361 e. The van der Waals surface area contributed by atoms with E-state index in [1.807, 2.05) is 0 Å². The molecule has 0 spiro atoms. The van der Waals surface area contributed by atoms with Crippen molar-refractivity contribution in [3.63, 3.8) is 0 Å². The van der Waals surface area contributed by atoms with Gasteiger partial charge in [0.25, 0.3) is 0 Å². The fraction of sp³-hybridized carbons (Fsp3) is 0.727. The second-order valence-corrected chi connectivity index (χ2v) is 4.66. The van der Waals surface area contributed by atoms with Crippen molar-refractivity contribution < 1.29 is 13.3 Å². The van der Waals surface area contributed by atoms with Crippen LogP contribution in [0.2, 0.25) is 0 Å². The average molecular weight is 230 g/mol. The molecular weight excluding hydrogens is 214 g/mol. The van der Waals surface area contributed by atoms with Crippen LogP contribution in [0.15, 0.2) is 10.6 Å². The van der Waals surface area contributed by atoms with E-state index in [9.17, 15) is 8.78 Å². The number of aryl methyl sites for hydroxylation is 1. The van der Waals surface area contributed by atoms with Crippen molar-refractivity contribution in [1.82, 2.24) is 5.16 Å². The summed E-state index contributed by atoms with van der Waals surface area (Å²) in [5, 5.41) is 3.93. The maximum atomic E-state index is 13.1. The minimum Gasteiger partial charge on any atom is -0.361 e. The lowest BCUT2D eigenvalue weighted by molar-refractivity contribution is -0.0517. The van der Waals surface area contributed by atoms with E-state index in [1.54, 1.807) is 13.0 Å². The second kappa shape index (κ2) is 3.80. The van der Waals surface area contributed by atoms with E-state index in [0.717, 1.165) is 5.69 Å². The minimum atomic E-state index is -2.54. The molecule has 1 fully saturated rings. The lowest BCUT2D eigenvalue weighted by atomic mass is 9.70. The maximum Gasteiger partial charge on any atom is 0.248 e. The van der Waals surface area contributed by atoms with Crippen molar-refractivity contribution in [1.29, 1.82) is 0 Å². The first-order chi connectivity index (χ1) is 7.47. The fourth-order valence-corrected chi connectivity index (χ4v) is 2.28. The van der Waals surface area contributed by atoms with Crippen molar-refractivity contribution in [2.45, 2.75) is 43.9 Å². The van der Waals surface area contributed by atoms with E-state index in [2.05, 4.69) is 5.16 Å². The molecule has 0 radical (unpaired) electrons. The third-order valence-corrected chi connectivity index (χ3v) is 3.50. The van der Waals surface area contributed by atoms with Gasteiger partial charge in [-0.15, -0.1) is 0 Å². The SMILES string of the molecule is Cc1cc(C2(CN)CCC(F)(F)CC2)no1. The number of hydrogen-bond donors (Lipinski definition) is 1. The quantitative estimate of drug-likeness (QED) is 0.848. The zero-order valence-corrected chi connectivity index (χ0v) is 9.30. The molecule has 2 rings (SSSR count). The minimum absolute atomic E-state index is 0.115. The molecule has 0 bridgehead atoms. The van der Waals surface area contributed by atoms with Gasteiger partial charge in [-0.1, -0.05) is 5.16 Å². The first-order valence-corrected chi connectivity index (χ1v) is 5.49. The normalized spacial score (nSPS) is 23.2. The number of hydrogen-bond acceptors (Lipinski definition) is 3. The molecule has 1 aliphatic rings. The molecular formula is C11H16F2N2O. The topological polar surface area (TPSA) is 52.0 Å². The summed E-state index contributed by atoms with van der Waals surface area (Å²) in [5.41, 5.74) is 6.05. The van der Waals surface area contributed by atoms with Crippen molar-refractivity contribution in [2.75, 3.05) is 6.54 Å². The molecule has 1 heterocycles. The Kier molecular flexibility index (Phi) is 2.74. The molecule has 0 aliphatic heterocycles. The summed E-state index contributed by atoms with van der Waals surface area (Å²) < 4.78 is 31.2. The zero-order chi connectivity index (χ0) is 11.8. The van der Waals surface area contributed by atoms with E-state index in [1.165, 1.54) is 0 Å². The van der Waals surface area contributed by atoms with E-state index >= 15 is 0 Å². The zero-order valence-electron chi connectivity index (χ0n) is 9.30. The van der Waals surface area contributed by atoms with Crippen molar-refractivity contribution in [3.8, 4) is 0 Å². The Morgan fingerprint density at radius 3 is 2.44 bits per heavy atom. The lowest BCUT2D eigenvalue weighted by Gasteiger charge is -2.37. The summed E-state index contributed by atoms with van der Waals surface area (Å²) in [6.07, 6.45) is 0.525. The van der Waals surface area contributed by atoms with Gasteiger partial charge in [0.1, 0.15) is 5.76 Å². The molecule has 16 heavy (non-hydrogen) atoms. The Morgan fingerprint density at radius 2 is 2.00 bits per heavy atom. The Balaban J connectivity index is 2.22. The number of aromatic nitrogens is 1. The number of nitrogens with zero attached hydrogens (tertiary/aromatic N) is 1. The summed E-state index contributed by atoms with van der Waals surface area (Å²) >= 11 is 0. The highest BCUT2D eigenvalue weighted by Crippen LogP contribution is 2.44. The summed E-state index contributed by atoms with van der Waals surface area (Å²) in [5.74, 6) is -1.85. The van der Waals surface area contributed by atoms with Gasteiger partial charge in [-0.2, -0.15) is 0 Å². The van der Waals surface area contributed by atoms with Gasteiger partial charge in [-0.05, 0) is 19.8 Å². The molecule has 90 valence electrons. The maximum absolute atomic E-state index is 13.1. The van der Waals surface area contributed by atoms with Gasteiger partial charge in [0, 0.05) is 30.9 Å². The predicted molar refractivity (Wildman–Crippen MR) is 55.4 cm³/mol. The van der Waals surface area contributed by atoms with Crippen LogP contribution in [0.1, 0.15) is 37.1 Å². The van der Waals surface area contributed by atoms with Gasteiger partial charge in [0.05, 0.1) is 5.69 Å². The molecule has 1 saturated carbocycles. The molecule has 3 nitrogen and oxygen atoms in total. The van der Waals surface area contributed by atoms with E-state index < -0.39 is 11.3 Å². The van der Waals surface area contributed by atoms with Gasteiger partial charge >= 0.3 is 0 Å². The van der Waals surface area contributed by atoms with Crippen LogP contribution < -0.4 is 5.73 Å². The molecule has 1 aromatic rings. The van der Waals surface area contributed by atoms with Gasteiger partial charge in [-0.25, -0.2) is 8.78 Å². The van der Waals surface area contributed by atoms with Crippen LogP contribution >= 0.6 is 0 Å².